The number of hydrogen-bond acceptors (Lipinski definition) is 7. The van der Waals surface area contributed by atoms with Crippen LogP contribution in [0.4, 0.5) is 11.6 Å². The maximum absolute atomic E-state index is 5.52. The molecule has 7 heteroatoms. The molecule has 84 valence electrons. The number of anilines is 2. The Morgan fingerprint density at radius 1 is 1.20 bits per heavy atom. The molecule has 0 aliphatic carbocycles. The van der Waals surface area contributed by atoms with Gasteiger partial charge in [0.15, 0.2) is 5.16 Å². The molecule has 1 aromatic heterocycles. The Morgan fingerprint density at radius 3 is 2.47 bits per heavy atom. The highest BCUT2D eigenvalue weighted by Gasteiger charge is 2.00. The van der Waals surface area contributed by atoms with E-state index in [4.69, 9.17) is 21.9 Å². The van der Waals surface area contributed by atoms with Crippen LogP contribution >= 0.6 is 11.8 Å². The summed E-state index contributed by atoms with van der Waals surface area (Å²) in [5, 5.41) is 0.573. The van der Waals surface area contributed by atoms with Crippen LogP contribution < -0.4 is 17.2 Å². The van der Waals surface area contributed by atoms with Crippen molar-refractivity contribution in [2.45, 2.75) is 5.16 Å². The summed E-state index contributed by atoms with van der Waals surface area (Å²) in [6.07, 6.45) is 0. The van der Waals surface area contributed by atoms with Gasteiger partial charge in [-0.15, -0.1) is 0 Å². The van der Waals surface area contributed by atoms with E-state index < -0.39 is 0 Å². The molecule has 6 N–H and O–H groups in total. The molecule has 0 unspecified atom stereocenters. The Labute approximate surface area is 92.6 Å². The Kier molecular flexibility index (Phi) is 5.16. The molecule has 1 aromatic rings. The zero-order valence-corrected chi connectivity index (χ0v) is 9.17. The van der Waals surface area contributed by atoms with Gasteiger partial charge < -0.3 is 21.9 Å². The Hall–Kier alpha value is -1.05. The summed E-state index contributed by atoms with van der Waals surface area (Å²) >= 11 is 1.45. The first kappa shape index (κ1) is 12.0. The quantitative estimate of drug-likeness (QED) is 0.349. The SMILES string of the molecule is NCCOCCSc1nc(N)cc(N)n1. The fourth-order valence-corrected chi connectivity index (χ4v) is 1.63. The van der Waals surface area contributed by atoms with E-state index in [-0.39, 0.29) is 0 Å². The summed E-state index contributed by atoms with van der Waals surface area (Å²) in [7, 11) is 0. The number of ether oxygens (including phenoxy) is 1. The van der Waals surface area contributed by atoms with Crippen LogP contribution in [0.1, 0.15) is 0 Å². The van der Waals surface area contributed by atoms with E-state index in [1.54, 1.807) is 0 Å². The van der Waals surface area contributed by atoms with Gasteiger partial charge in [-0.2, -0.15) is 0 Å². The van der Waals surface area contributed by atoms with Gasteiger partial charge in [-0.25, -0.2) is 9.97 Å². The van der Waals surface area contributed by atoms with E-state index in [0.29, 0.717) is 36.6 Å². The molecule has 0 saturated heterocycles. The van der Waals surface area contributed by atoms with Gasteiger partial charge in [0.05, 0.1) is 13.2 Å². The number of rotatable bonds is 6. The molecule has 0 aliphatic rings. The Balaban J connectivity index is 2.31. The maximum Gasteiger partial charge on any atom is 0.191 e. The van der Waals surface area contributed by atoms with E-state index >= 15 is 0 Å². The third-order valence-corrected chi connectivity index (χ3v) is 2.28. The summed E-state index contributed by atoms with van der Waals surface area (Å²) in [6, 6.07) is 1.52. The van der Waals surface area contributed by atoms with E-state index in [9.17, 15) is 0 Å². The lowest BCUT2D eigenvalue weighted by Gasteiger charge is -2.03. The summed E-state index contributed by atoms with van der Waals surface area (Å²) < 4.78 is 5.20. The molecular formula is C8H15N5OS. The van der Waals surface area contributed by atoms with E-state index in [1.165, 1.54) is 17.8 Å². The third kappa shape index (κ3) is 4.82. The second kappa shape index (κ2) is 6.44. The van der Waals surface area contributed by atoms with Crippen LogP contribution in [0.5, 0.6) is 0 Å². The second-order valence-electron chi connectivity index (χ2n) is 2.75. The molecule has 0 bridgehead atoms. The molecule has 0 fully saturated rings. The summed E-state index contributed by atoms with van der Waals surface area (Å²) in [5.41, 5.74) is 16.3. The van der Waals surface area contributed by atoms with Crippen LogP contribution in [0.3, 0.4) is 0 Å². The fourth-order valence-electron chi connectivity index (χ4n) is 0.904. The van der Waals surface area contributed by atoms with Crippen LogP contribution in [0.2, 0.25) is 0 Å². The highest BCUT2D eigenvalue weighted by Crippen LogP contribution is 2.15. The molecular weight excluding hydrogens is 214 g/mol. The number of aromatic nitrogens is 2. The fraction of sp³-hybridized carbons (Fsp3) is 0.500. The number of thioether (sulfide) groups is 1. The van der Waals surface area contributed by atoms with Gasteiger partial charge in [0, 0.05) is 18.4 Å². The maximum atomic E-state index is 5.52. The molecule has 15 heavy (non-hydrogen) atoms. The van der Waals surface area contributed by atoms with E-state index in [0.717, 1.165) is 5.75 Å². The molecule has 0 saturated carbocycles. The highest BCUT2D eigenvalue weighted by atomic mass is 32.2. The lowest BCUT2D eigenvalue weighted by molar-refractivity contribution is 0.158. The second-order valence-corrected chi connectivity index (χ2v) is 3.81. The van der Waals surface area contributed by atoms with Crippen molar-refractivity contribution >= 4 is 23.4 Å². The highest BCUT2D eigenvalue weighted by molar-refractivity contribution is 7.99. The largest absolute Gasteiger partial charge is 0.383 e. The first-order valence-electron chi connectivity index (χ1n) is 4.53. The van der Waals surface area contributed by atoms with Gasteiger partial charge in [-0.05, 0) is 0 Å². The van der Waals surface area contributed by atoms with E-state index in [2.05, 4.69) is 9.97 Å². The molecule has 0 amide bonds. The predicted octanol–water partition coefficient (Wildman–Crippen LogP) is -0.292. The number of hydrogen-bond donors (Lipinski definition) is 3. The average Bonchev–Trinajstić information content (AvgIpc) is 2.16. The zero-order valence-electron chi connectivity index (χ0n) is 8.35. The molecule has 6 nitrogen and oxygen atoms in total. The topological polar surface area (TPSA) is 113 Å². The zero-order chi connectivity index (χ0) is 11.1. The van der Waals surface area contributed by atoms with Gasteiger partial charge >= 0.3 is 0 Å². The van der Waals surface area contributed by atoms with Gasteiger partial charge in [0.25, 0.3) is 0 Å². The first-order valence-corrected chi connectivity index (χ1v) is 5.51. The number of nitrogen functional groups attached to an aromatic ring is 2. The van der Waals surface area contributed by atoms with Gasteiger partial charge in [0.2, 0.25) is 0 Å². The number of nitrogens with two attached hydrogens (primary N) is 3. The predicted molar refractivity (Wildman–Crippen MR) is 61.5 cm³/mol. The van der Waals surface area contributed by atoms with Crippen LogP contribution in [0.25, 0.3) is 0 Å². The molecule has 0 atom stereocenters. The monoisotopic (exact) mass is 229 g/mol. The van der Waals surface area contributed by atoms with Crippen molar-refractivity contribution < 1.29 is 4.74 Å². The van der Waals surface area contributed by atoms with Crippen molar-refractivity contribution in [2.24, 2.45) is 5.73 Å². The molecule has 0 radical (unpaired) electrons. The molecule has 1 heterocycles. The smallest absolute Gasteiger partial charge is 0.191 e. The molecule has 0 aromatic carbocycles. The minimum absolute atomic E-state index is 0.382. The summed E-state index contributed by atoms with van der Waals surface area (Å²) in [4.78, 5) is 8.04. The van der Waals surface area contributed by atoms with Crippen molar-refractivity contribution in [2.75, 3.05) is 37.0 Å². The van der Waals surface area contributed by atoms with Crippen LogP contribution in [0.15, 0.2) is 11.2 Å². The normalized spacial score (nSPS) is 10.5. The van der Waals surface area contributed by atoms with Crippen LogP contribution in [0, 0.1) is 0 Å². The Morgan fingerprint density at radius 2 is 1.87 bits per heavy atom. The minimum Gasteiger partial charge on any atom is -0.383 e. The van der Waals surface area contributed by atoms with Gasteiger partial charge in [-0.3, -0.25) is 0 Å². The lowest BCUT2D eigenvalue weighted by Crippen LogP contribution is -2.10. The summed E-state index contributed by atoms with van der Waals surface area (Å²) in [6.45, 7) is 1.72. The van der Waals surface area contributed by atoms with Crippen molar-refractivity contribution in [1.82, 2.24) is 9.97 Å². The average molecular weight is 229 g/mol. The van der Waals surface area contributed by atoms with Crippen molar-refractivity contribution in [3.05, 3.63) is 6.07 Å². The van der Waals surface area contributed by atoms with Crippen molar-refractivity contribution in [1.29, 1.82) is 0 Å². The number of nitrogens with zero attached hydrogens (tertiary/aromatic N) is 2. The van der Waals surface area contributed by atoms with Gasteiger partial charge in [-0.1, -0.05) is 11.8 Å². The van der Waals surface area contributed by atoms with Crippen LogP contribution in [-0.4, -0.2) is 35.5 Å². The Bertz CT molecular complexity index is 289. The van der Waals surface area contributed by atoms with Crippen molar-refractivity contribution in [3.8, 4) is 0 Å². The molecule has 0 aliphatic heterocycles. The lowest BCUT2D eigenvalue weighted by atomic mass is 10.5. The van der Waals surface area contributed by atoms with E-state index in [1.807, 2.05) is 0 Å². The molecule has 0 spiro atoms. The van der Waals surface area contributed by atoms with Gasteiger partial charge in [0.1, 0.15) is 11.6 Å². The summed E-state index contributed by atoms with van der Waals surface area (Å²) in [5.74, 6) is 1.52. The minimum atomic E-state index is 0.382. The van der Waals surface area contributed by atoms with Crippen LogP contribution in [-0.2, 0) is 4.74 Å². The first-order chi connectivity index (χ1) is 7.22. The van der Waals surface area contributed by atoms with Crippen molar-refractivity contribution in [3.63, 3.8) is 0 Å². The third-order valence-electron chi connectivity index (χ3n) is 1.47. The standard InChI is InChI=1S/C8H15N5OS/c9-1-2-14-3-4-15-8-12-6(10)5-7(11)13-8/h5H,1-4,9H2,(H4,10,11,12,13). The molecule has 1 rings (SSSR count).